The Morgan fingerprint density at radius 2 is 2.10 bits per heavy atom. The van der Waals surface area contributed by atoms with Gasteiger partial charge in [-0.05, 0) is 29.9 Å². The van der Waals surface area contributed by atoms with Crippen LogP contribution in [0.4, 0.5) is 0 Å². The lowest BCUT2D eigenvalue weighted by molar-refractivity contribution is -0.139. The van der Waals surface area contributed by atoms with Crippen LogP contribution in [0.2, 0.25) is 0 Å². The fourth-order valence-electron chi connectivity index (χ4n) is 2.78. The minimum absolute atomic E-state index is 0.159. The third-order valence-corrected chi connectivity index (χ3v) is 4.02. The van der Waals surface area contributed by atoms with Gasteiger partial charge in [-0.25, -0.2) is 0 Å². The van der Waals surface area contributed by atoms with E-state index >= 15 is 0 Å². The summed E-state index contributed by atoms with van der Waals surface area (Å²) in [4.78, 5) is 11.4. The molecule has 1 fully saturated rings. The molecule has 4 heteroatoms. The van der Waals surface area contributed by atoms with E-state index in [1.54, 1.807) is 0 Å². The van der Waals surface area contributed by atoms with Crippen molar-refractivity contribution in [2.45, 2.75) is 38.3 Å². The van der Waals surface area contributed by atoms with Crippen molar-refractivity contribution < 1.29 is 14.6 Å². The average molecular weight is 277 g/mol. The summed E-state index contributed by atoms with van der Waals surface area (Å²) < 4.78 is 4.72. The number of carbonyl (C=O) groups excluding carboxylic acids is 1. The maximum Gasteiger partial charge on any atom is 0.309 e. The lowest BCUT2D eigenvalue weighted by Gasteiger charge is -2.16. The monoisotopic (exact) mass is 277 g/mol. The number of aliphatic hydroxyl groups is 1. The third kappa shape index (κ3) is 4.05. The first-order valence-corrected chi connectivity index (χ1v) is 7.23. The van der Waals surface area contributed by atoms with Crippen molar-refractivity contribution in [1.82, 2.24) is 5.32 Å². The SMILES string of the molecule is COC(=O)Cc1ccccc1CNCC1CCCC1O. The fraction of sp³-hybridized carbons (Fsp3) is 0.562. The molecule has 2 unspecified atom stereocenters. The van der Waals surface area contributed by atoms with Gasteiger partial charge >= 0.3 is 5.97 Å². The molecule has 1 aliphatic carbocycles. The highest BCUT2D eigenvalue weighted by molar-refractivity contribution is 5.72. The number of hydrogen-bond acceptors (Lipinski definition) is 4. The van der Waals surface area contributed by atoms with Gasteiger partial charge in [0.1, 0.15) is 0 Å². The summed E-state index contributed by atoms with van der Waals surface area (Å²) in [6.45, 7) is 1.55. The highest BCUT2D eigenvalue weighted by atomic mass is 16.5. The number of hydrogen-bond donors (Lipinski definition) is 2. The van der Waals surface area contributed by atoms with E-state index in [4.69, 9.17) is 4.74 Å². The zero-order chi connectivity index (χ0) is 14.4. The van der Waals surface area contributed by atoms with E-state index in [-0.39, 0.29) is 12.1 Å². The standard InChI is InChI=1S/C16H23NO3/c1-20-16(19)9-12-5-2-3-6-13(12)10-17-11-14-7-4-8-15(14)18/h2-3,5-6,14-15,17-18H,4,7-11H2,1H3. The molecule has 1 saturated carbocycles. The van der Waals surface area contributed by atoms with Crippen molar-refractivity contribution in [3.63, 3.8) is 0 Å². The summed E-state index contributed by atoms with van der Waals surface area (Å²) in [5.74, 6) is 0.145. The number of aliphatic hydroxyl groups excluding tert-OH is 1. The lowest BCUT2D eigenvalue weighted by atomic mass is 10.0. The minimum Gasteiger partial charge on any atom is -0.469 e. The van der Waals surface area contributed by atoms with Crippen molar-refractivity contribution >= 4 is 5.97 Å². The number of rotatable bonds is 6. The zero-order valence-electron chi connectivity index (χ0n) is 12.0. The molecule has 0 aromatic heterocycles. The highest BCUT2D eigenvalue weighted by Crippen LogP contribution is 2.24. The van der Waals surface area contributed by atoms with Gasteiger partial charge in [-0.2, -0.15) is 0 Å². The Morgan fingerprint density at radius 1 is 1.35 bits per heavy atom. The third-order valence-electron chi connectivity index (χ3n) is 4.02. The number of carbonyl (C=O) groups is 1. The van der Waals surface area contributed by atoms with Crippen molar-refractivity contribution in [2.75, 3.05) is 13.7 Å². The summed E-state index contributed by atoms with van der Waals surface area (Å²) in [7, 11) is 1.41. The first kappa shape index (κ1) is 15.0. The molecule has 2 atom stereocenters. The molecule has 2 rings (SSSR count). The molecule has 2 N–H and O–H groups in total. The minimum atomic E-state index is -0.219. The molecule has 4 nitrogen and oxygen atoms in total. The first-order valence-electron chi connectivity index (χ1n) is 7.23. The molecule has 0 bridgehead atoms. The summed E-state index contributed by atoms with van der Waals surface area (Å²) in [6.07, 6.45) is 3.28. The molecule has 20 heavy (non-hydrogen) atoms. The molecule has 0 aliphatic heterocycles. The summed E-state index contributed by atoms with van der Waals surface area (Å²) >= 11 is 0. The van der Waals surface area contributed by atoms with Gasteiger partial charge in [-0.1, -0.05) is 30.7 Å². The zero-order valence-corrected chi connectivity index (χ0v) is 12.0. The smallest absolute Gasteiger partial charge is 0.309 e. The van der Waals surface area contributed by atoms with Gasteiger partial charge in [0, 0.05) is 13.1 Å². The Hall–Kier alpha value is -1.39. The van der Waals surface area contributed by atoms with E-state index in [2.05, 4.69) is 5.32 Å². The van der Waals surface area contributed by atoms with Crippen LogP contribution < -0.4 is 5.32 Å². The van der Waals surface area contributed by atoms with Gasteiger partial charge in [-0.3, -0.25) is 4.79 Å². The van der Waals surface area contributed by atoms with Gasteiger partial charge in [0.25, 0.3) is 0 Å². The average Bonchev–Trinajstić information content (AvgIpc) is 2.86. The van der Waals surface area contributed by atoms with Crippen LogP contribution in [0.25, 0.3) is 0 Å². The van der Waals surface area contributed by atoms with Crippen molar-refractivity contribution in [3.8, 4) is 0 Å². The lowest BCUT2D eigenvalue weighted by Crippen LogP contribution is -2.27. The normalized spacial score (nSPS) is 21.9. The molecule has 1 aromatic carbocycles. The van der Waals surface area contributed by atoms with Gasteiger partial charge in [0.05, 0.1) is 19.6 Å². The van der Waals surface area contributed by atoms with Crippen LogP contribution in [0.3, 0.4) is 0 Å². The van der Waals surface area contributed by atoms with E-state index in [1.807, 2.05) is 24.3 Å². The quantitative estimate of drug-likeness (QED) is 0.776. The van der Waals surface area contributed by atoms with Crippen LogP contribution in [-0.2, 0) is 22.5 Å². The van der Waals surface area contributed by atoms with Gasteiger partial charge in [0.15, 0.2) is 0 Å². The van der Waals surface area contributed by atoms with E-state index < -0.39 is 0 Å². The van der Waals surface area contributed by atoms with E-state index in [0.717, 1.165) is 43.5 Å². The second kappa shape index (κ2) is 7.41. The molecule has 0 saturated heterocycles. The Morgan fingerprint density at radius 3 is 2.75 bits per heavy atom. The predicted octanol–water partition coefficient (Wildman–Crippen LogP) is 1.65. The molecule has 1 aromatic rings. The van der Waals surface area contributed by atoms with E-state index in [9.17, 15) is 9.90 Å². The number of ether oxygens (including phenoxy) is 1. The van der Waals surface area contributed by atoms with Crippen LogP contribution in [0, 0.1) is 5.92 Å². The molecule has 1 aliphatic rings. The maximum atomic E-state index is 11.4. The molecular weight excluding hydrogens is 254 g/mol. The van der Waals surface area contributed by atoms with E-state index in [0.29, 0.717) is 12.3 Å². The molecule has 110 valence electrons. The second-order valence-electron chi connectivity index (χ2n) is 5.41. The Balaban J connectivity index is 1.87. The van der Waals surface area contributed by atoms with Gasteiger partial charge < -0.3 is 15.2 Å². The van der Waals surface area contributed by atoms with Crippen molar-refractivity contribution in [3.05, 3.63) is 35.4 Å². The maximum absolute atomic E-state index is 11.4. The Kier molecular flexibility index (Phi) is 5.56. The van der Waals surface area contributed by atoms with Crippen LogP contribution in [-0.4, -0.2) is 30.8 Å². The molecule has 0 radical (unpaired) electrons. The number of benzene rings is 1. The second-order valence-corrected chi connectivity index (χ2v) is 5.41. The van der Waals surface area contributed by atoms with E-state index in [1.165, 1.54) is 7.11 Å². The largest absolute Gasteiger partial charge is 0.469 e. The van der Waals surface area contributed by atoms with Crippen LogP contribution in [0.1, 0.15) is 30.4 Å². The van der Waals surface area contributed by atoms with Crippen LogP contribution in [0.5, 0.6) is 0 Å². The predicted molar refractivity (Wildman–Crippen MR) is 77.2 cm³/mol. The number of nitrogens with one attached hydrogen (secondary N) is 1. The number of esters is 1. The number of methoxy groups -OCH3 is 1. The van der Waals surface area contributed by atoms with Gasteiger partial charge in [-0.15, -0.1) is 0 Å². The van der Waals surface area contributed by atoms with Crippen molar-refractivity contribution in [1.29, 1.82) is 0 Å². The first-order chi connectivity index (χ1) is 9.70. The molecule has 0 heterocycles. The summed E-state index contributed by atoms with van der Waals surface area (Å²) in [5.41, 5.74) is 2.12. The highest BCUT2D eigenvalue weighted by Gasteiger charge is 2.24. The molecule has 0 amide bonds. The molecular formula is C16H23NO3. The fourth-order valence-corrected chi connectivity index (χ4v) is 2.78. The Bertz CT molecular complexity index is 447. The van der Waals surface area contributed by atoms with Crippen LogP contribution in [0.15, 0.2) is 24.3 Å². The summed E-state index contributed by atoms with van der Waals surface area (Å²) in [6, 6.07) is 7.89. The van der Waals surface area contributed by atoms with Crippen molar-refractivity contribution in [2.24, 2.45) is 5.92 Å². The molecule has 0 spiro atoms. The van der Waals surface area contributed by atoms with Gasteiger partial charge in [0.2, 0.25) is 0 Å². The van der Waals surface area contributed by atoms with Crippen LogP contribution >= 0.6 is 0 Å². The Labute approximate surface area is 120 Å². The summed E-state index contributed by atoms with van der Waals surface area (Å²) in [5, 5.41) is 13.2. The topological polar surface area (TPSA) is 58.6 Å².